The van der Waals surface area contributed by atoms with E-state index in [9.17, 15) is 0 Å². The van der Waals surface area contributed by atoms with Gasteiger partial charge in [0.05, 0.1) is 6.10 Å². The molecule has 2 nitrogen and oxygen atoms in total. The molecule has 1 fully saturated rings. The van der Waals surface area contributed by atoms with Gasteiger partial charge in [0.1, 0.15) is 0 Å². The number of rotatable bonds is 2. The Labute approximate surface area is 86.9 Å². The van der Waals surface area contributed by atoms with Gasteiger partial charge in [0.15, 0.2) is 0 Å². The van der Waals surface area contributed by atoms with Crippen LogP contribution in [0.2, 0.25) is 0 Å². The Balaban J connectivity index is 1.88. The van der Waals surface area contributed by atoms with E-state index >= 15 is 0 Å². The molecule has 2 rings (SSSR count). The first kappa shape index (κ1) is 10.0. The molecule has 0 bridgehead atoms. The van der Waals surface area contributed by atoms with Gasteiger partial charge in [-0.15, -0.1) is 0 Å². The van der Waals surface area contributed by atoms with E-state index in [4.69, 9.17) is 4.74 Å². The number of methoxy groups -OCH3 is 1. The van der Waals surface area contributed by atoms with Crippen molar-refractivity contribution < 1.29 is 4.74 Å². The maximum Gasteiger partial charge on any atom is 0.0610 e. The van der Waals surface area contributed by atoms with Crippen LogP contribution >= 0.6 is 0 Å². The average molecular weight is 195 g/mol. The molecule has 2 aliphatic rings. The van der Waals surface area contributed by atoms with Crippen LogP contribution in [0, 0.1) is 0 Å². The highest BCUT2D eigenvalue weighted by Gasteiger charge is 2.18. The third-order valence-electron chi connectivity index (χ3n) is 3.43. The second-order valence-corrected chi connectivity index (χ2v) is 4.38. The summed E-state index contributed by atoms with van der Waals surface area (Å²) in [7, 11) is 1.82. The van der Waals surface area contributed by atoms with Gasteiger partial charge >= 0.3 is 0 Å². The van der Waals surface area contributed by atoms with E-state index in [1.807, 2.05) is 7.11 Å². The summed E-state index contributed by atoms with van der Waals surface area (Å²) in [6, 6.07) is 0. The first-order chi connectivity index (χ1) is 6.90. The summed E-state index contributed by atoms with van der Waals surface area (Å²) in [5, 5.41) is 0. The van der Waals surface area contributed by atoms with E-state index in [0.29, 0.717) is 6.10 Å². The molecule has 0 amide bonds. The van der Waals surface area contributed by atoms with E-state index in [2.05, 4.69) is 11.0 Å². The second kappa shape index (κ2) is 4.83. The highest BCUT2D eigenvalue weighted by atomic mass is 16.5. The van der Waals surface area contributed by atoms with Crippen LogP contribution < -0.4 is 0 Å². The fourth-order valence-corrected chi connectivity index (χ4v) is 2.48. The van der Waals surface area contributed by atoms with E-state index in [1.54, 1.807) is 5.70 Å². The lowest BCUT2D eigenvalue weighted by Gasteiger charge is -2.34. The molecule has 1 aliphatic heterocycles. The summed E-state index contributed by atoms with van der Waals surface area (Å²) in [5.74, 6) is 0. The maximum atomic E-state index is 5.36. The number of nitrogens with zero attached hydrogens (tertiary/aromatic N) is 1. The number of hydrogen-bond donors (Lipinski definition) is 0. The molecule has 2 heteroatoms. The van der Waals surface area contributed by atoms with Crippen molar-refractivity contribution in [2.75, 3.05) is 20.2 Å². The summed E-state index contributed by atoms with van der Waals surface area (Å²) in [5.41, 5.74) is 1.58. The minimum atomic E-state index is 0.476. The van der Waals surface area contributed by atoms with Crippen molar-refractivity contribution in [2.45, 2.75) is 44.6 Å². The fourth-order valence-electron chi connectivity index (χ4n) is 2.48. The van der Waals surface area contributed by atoms with Gasteiger partial charge in [-0.05, 0) is 38.5 Å². The number of likely N-dealkylation sites (tertiary alicyclic amines) is 1. The molecular formula is C12H21NO. The van der Waals surface area contributed by atoms with Gasteiger partial charge < -0.3 is 9.64 Å². The monoisotopic (exact) mass is 195 g/mol. The summed E-state index contributed by atoms with van der Waals surface area (Å²) in [6.45, 7) is 2.56. The topological polar surface area (TPSA) is 12.5 Å². The van der Waals surface area contributed by atoms with Crippen LogP contribution in [-0.2, 0) is 4.74 Å². The van der Waals surface area contributed by atoms with Gasteiger partial charge in [-0.3, -0.25) is 0 Å². The van der Waals surface area contributed by atoms with Gasteiger partial charge in [0.25, 0.3) is 0 Å². The zero-order chi connectivity index (χ0) is 9.80. The molecule has 1 unspecified atom stereocenters. The molecule has 14 heavy (non-hydrogen) atoms. The minimum absolute atomic E-state index is 0.476. The van der Waals surface area contributed by atoms with Gasteiger partial charge in [-0.2, -0.15) is 0 Å². The zero-order valence-electron chi connectivity index (χ0n) is 9.17. The van der Waals surface area contributed by atoms with Crippen LogP contribution in [0.4, 0.5) is 0 Å². The number of hydrogen-bond acceptors (Lipinski definition) is 2. The lowest BCUT2D eigenvalue weighted by atomic mass is 9.99. The molecule has 0 saturated carbocycles. The molecule has 0 aromatic carbocycles. The van der Waals surface area contributed by atoms with Crippen molar-refractivity contribution in [3.8, 4) is 0 Å². The third kappa shape index (κ3) is 2.30. The summed E-state index contributed by atoms with van der Waals surface area (Å²) in [6.07, 6.45) is 10.6. The quantitative estimate of drug-likeness (QED) is 0.671. The Morgan fingerprint density at radius 3 is 2.64 bits per heavy atom. The fraction of sp³-hybridized carbons (Fsp3) is 0.833. The first-order valence-electron chi connectivity index (χ1n) is 5.87. The molecule has 1 saturated heterocycles. The lowest BCUT2D eigenvalue weighted by molar-refractivity contribution is 0.0889. The van der Waals surface area contributed by atoms with E-state index in [-0.39, 0.29) is 0 Å². The van der Waals surface area contributed by atoms with Crippen molar-refractivity contribution >= 4 is 0 Å². The van der Waals surface area contributed by atoms with Crippen molar-refractivity contribution in [3.63, 3.8) is 0 Å². The van der Waals surface area contributed by atoms with Gasteiger partial charge in [0.2, 0.25) is 0 Å². The van der Waals surface area contributed by atoms with Gasteiger partial charge in [-0.25, -0.2) is 0 Å². The Kier molecular flexibility index (Phi) is 3.46. The molecule has 1 heterocycles. The van der Waals surface area contributed by atoms with Crippen LogP contribution in [0.3, 0.4) is 0 Å². The minimum Gasteiger partial charge on any atom is -0.381 e. The zero-order valence-corrected chi connectivity index (χ0v) is 9.17. The van der Waals surface area contributed by atoms with Gasteiger partial charge in [0, 0.05) is 25.9 Å². The predicted molar refractivity (Wildman–Crippen MR) is 58.2 cm³/mol. The molecular weight excluding hydrogens is 174 g/mol. The lowest BCUT2D eigenvalue weighted by Crippen LogP contribution is -2.31. The Morgan fingerprint density at radius 1 is 1.29 bits per heavy atom. The smallest absolute Gasteiger partial charge is 0.0610 e. The predicted octanol–water partition coefficient (Wildman–Crippen LogP) is 2.56. The van der Waals surface area contributed by atoms with E-state index in [0.717, 1.165) is 6.42 Å². The Morgan fingerprint density at radius 2 is 2.07 bits per heavy atom. The number of allylic oxidation sites excluding steroid dienone is 1. The third-order valence-corrected chi connectivity index (χ3v) is 3.43. The highest BCUT2D eigenvalue weighted by Crippen LogP contribution is 2.25. The summed E-state index contributed by atoms with van der Waals surface area (Å²) >= 11 is 0. The second-order valence-electron chi connectivity index (χ2n) is 4.38. The molecule has 0 N–H and O–H groups in total. The molecule has 1 atom stereocenters. The highest BCUT2D eigenvalue weighted by molar-refractivity contribution is 5.06. The van der Waals surface area contributed by atoms with Crippen LogP contribution in [0.5, 0.6) is 0 Å². The number of piperidine rings is 1. The van der Waals surface area contributed by atoms with Gasteiger partial charge in [-0.1, -0.05) is 6.08 Å². The normalized spacial score (nSPS) is 28.8. The molecule has 1 aliphatic carbocycles. The van der Waals surface area contributed by atoms with Crippen LogP contribution in [-0.4, -0.2) is 31.2 Å². The molecule has 0 spiro atoms. The van der Waals surface area contributed by atoms with Crippen molar-refractivity contribution in [1.29, 1.82) is 0 Å². The van der Waals surface area contributed by atoms with E-state index in [1.165, 1.54) is 45.2 Å². The van der Waals surface area contributed by atoms with Crippen LogP contribution in [0.25, 0.3) is 0 Å². The number of ether oxygens (including phenoxy) is 1. The van der Waals surface area contributed by atoms with E-state index < -0.39 is 0 Å². The summed E-state index contributed by atoms with van der Waals surface area (Å²) < 4.78 is 5.36. The average Bonchev–Trinajstić information content (AvgIpc) is 2.30. The van der Waals surface area contributed by atoms with Crippen molar-refractivity contribution in [2.24, 2.45) is 0 Å². The standard InChI is InChI=1S/C12H21NO/c1-14-12-7-5-11(6-8-12)13-9-3-2-4-10-13/h5,12H,2-4,6-10H2,1H3. The Bertz CT molecular complexity index is 206. The largest absolute Gasteiger partial charge is 0.381 e. The first-order valence-corrected chi connectivity index (χ1v) is 5.87. The molecule has 0 aromatic heterocycles. The van der Waals surface area contributed by atoms with Crippen LogP contribution in [0.15, 0.2) is 11.8 Å². The summed E-state index contributed by atoms with van der Waals surface area (Å²) in [4.78, 5) is 2.58. The van der Waals surface area contributed by atoms with Crippen LogP contribution in [0.1, 0.15) is 38.5 Å². The van der Waals surface area contributed by atoms with Crippen molar-refractivity contribution in [3.05, 3.63) is 11.8 Å². The molecule has 0 aromatic rings. The van der Waals surface area contributed by atoms with Crippen molar-refractivity contribution in [1.82, 2.24) is 4.90 Å². The Hall–Kier alpha value is -0.500. The molecule has 0 radical (unpaired) electrons. The SMILES string of the molecule is COC1CC=C(N2CCCCC2)CC1. The molecule has 80 valence electrons. The maximum absolute atomic E-state index is 5.36.